The first-order valence-corrected chi connectivity index (χ1v) is 6.48. The highest BCUT2D eigenvalue weighted by Gasteiger charge is 2.53. The van der Waals surface area contributed by atoms with Gasteiger partial charge in [0.2, 0.25) is 5.91 Å². The van der Waals surface area contributed by atoms with Gasteiger partial charge in [-0.2, -0.15) is 0 Å². The molecule has 1 amide bonds. The second kappa shape index (κ2) is 7.14. The molecule has 1 rings (SSSR count). The Morgan fingerprint density at radius 2 is 2.14 bits per heavy atom. The van der Waals surface area contributed by atoms with Crippen LogP contribution in [-0.4, -0.2) is 76.2 Å². The molecule has 122 valence electrons. The van der Waals surface area contributed by atoms with Crippen LogP contribution in [0.25, 0.3) is 0 Å². The number of carbonyl (C=O) groups excluding carboxylic acids is 2. The van der Waals surface area contributed by atoms with Crippen LogP contribution in [0.5, 0.6) is 0 Å². The molecule has 0 bridgehead atoms. The molecule has 1 aliphatic heterocycles. The molecule has 0 unspecified atom stereocenters. The summed E-state index contributed by atoms with van der Waals surface area (Å²) in [6, 6.07) is -1.03. The van der Waals surface area contributed by atoms with Gasteiger partial charge in [0.1, 0.15) is 6.10 Å². The monoisotopic (exact) mass is 307 g/mol. The van der Waals surface area contributed by atoms with Crippen LogP contribution in [0.1, 0.15) is 19.8 Å². The van der Waals surface area contributed by atoms with E-state index in [0.29, 0.717) is 0 Å². The zero-order chi connectivity index (χ0) is 16.2. The summed E-state index contributed by atoms with van der Waals surface area (Å²) < 4.78 is 9.57. The zero-order valence-electron chi connectivity index (χ0n) is 11.9. The van der Waals surface area contributed by atoms with Crippen LogP contribution < -0.4 is 5.32 Å². The van der Waals surface area contributed by atoms with Crippen molar-refractivity contribution in [2.75, 3.05) is 13.7 Å². The van der Waals surface area contributed by atoms with E-state index in [1.165, 1.54) is 6.92 Å². The summed E-state index contributed by atoms with van der Waals surface area (Å²) in [5.41, 5.74) is 0. The van der Waals surface area contributed by atoms with E-state index in [-0.39, 0.29) is 13.0 Å². The second-order valence-corrected chi connectivity index (χ2v) is 4.94. The Hall–Kier alpha value is -1.26. The lowest BCUT2D eigenvalue weighted by Gasteiger charge is -2.44. The molecule has 21 heavy (non-hydrogen) atoms. The Morgan fingerprint density at radius 3 is 2.62 bits per heavy atom. The summed E-state index contributed by atoms with van der Waals surface area (Å²) in [7, 11) is 1.04. The third kappa shape index (κ3) is 4.11. The largest absolute Gasteiger partial charge is 0.465 e. The van der Waals surface area contributed by atoms with Gasteiger partial charge in [0.25, 0.3) is 5.79 Å². The number of esters is 1. The van der Waals surface area contributed by atoms with Crippen LogP contribution in [0.15, 0.2) is 0 Å². The Kier molecular flexibility index (Phi) is 6.05. The number of rotatable bonds is 5. The van der Waals surface area contributed by atoms with Gasteiger partial charge in [-0.15, -0.1) is 0 Å². The summed E-state index contributed by atoms with van der Waals surface area (Å²) in [4.78, 5) is 22.7. The fraction of sp³-hybridized carbons (Fsp3) is 0.833. The molecule has 0 aromatic carbocycles. The number of methoxy groups -OCH3 is 1. The van der Waals surface area contributed by atoms with Crippen molar-refractivity contribution in [2.24, 2.45) is 0 Å². The predicted octanol–water partition coefficient (Wildman–Crippen LogP) is -2.75. The lowest BCUT2D eigenvalue weighted by atomic mass is 9.89. The smallest absolute Gasteiger partial charge is 0.366 e. The second-order valence-electron chi connectivity index (χ2n) is 4.94. The van der Waals surface area contributed by atoms with Gasteiger partial charge in [0.05, 0.1) is 25.4 Å². The van der Waals surface area contributed by atoms with E-state index in [9.17, 15) is 24.9 Å². The number of nitrogens with one attached hydrogen (secondary N) is 1. The molecule has 5 N–H and O–H groups in total. The van der Waals surface area contributed by atoms with Gasteiger partial charge in [0, 0.05) is 20.0 Å². The maximum absolute atomic E-state index is 11.6. The van der Waals surface area contributed by atoms with Gasteiger partial charge in [0.15, 0.2) is 0 Å². The van der Waals surface area contributed by atoms with Crippen LogP contribution in [0.4, 0.5) is 0 Å². The van der Waals surface area contributed by atoms with Crippen molar-refractivity contribution in [3.63, 3.8) is 0 Å². The van der Waals surface area contributed by atoms with E-state index in [0.717, 1.165) is 7.11 Å². The van der Waals surface area contributed by atoms with Gasteiger partial charge < -0.3 is 35.2 Å². The van der Waals surface area contributed by atoms with E-state index in [4.69, 9.17) is 9.84 Å². The Morgan fingerprint density at radius 1 is 1.52 bits per heavy atom. The maximum atomic E-state index is 11.6. The third-order valence-electron chi connectivity index (χ3n) is 3.26. The van der Waals surface area contributed by atoms with Crippen molar-refractivity contribution in [3.05, 3.63) is 0 Å². The Balaban J connectivity index is 3.02. The fourth-order valence-corrected chi connectivity index (χ4v) is 2.29. The first kappa shape index (κ1) is 17.8. The molecule has 1 aliphatic rings. The highest BCUT2D eigenvalue weighted by Crippen LogP contribution is 2.31. The molecule has 0 saturated carbocycles. The molecule has 9 heteroatoms. The summed E-state index contributed by atoms with van der Waals surface area (Å²) in [6.45, 7) is 0.837. The van der Waals surface area contributed by atoms with Gasteiger partial charge in [-0.1, -0.05) is 0 Å². The molecule has 1 fully saturated rings. The number of aliphatic hydroxyl groups is 4. The molecular formula is C12H21NO8. The molecule has 5 atom stereocenters. The molecule has 0 radical (unpaired) electrons. The molecular weight excluding hydrogens is 286 g/mol. The minimum Gasteiger partial charge on any atom is -0.465 e. The minimum absolute atomic E-state index is 0.120. The summed E-state index contributed by atoms with van der Waals surface area (Å²) >= 11 is 0. The highest BCUT2D eigenvalue weighted by atomic mass is 16.7. The average molecular weight is 307 g/mol. The normalized spacial score (nSPS) is 34.1. The van der Waals surface area contributed by atoms with E-state index in [1.54, 1.807) is 0 Å². The Bertz CT molecular complexity index is 389. The summed E-state index contributed by atoms with van der Waals surface area (Å²) in [5.74, 6) is -4.03. The van der Waals surface area contributed by atoms with Gasteiger partial charge >= 0.3 is 5.97 Å². The van der Waals surface area contributed by atoms with Gasteiger partial charge in [-0.05, 0) is 6.42 Å². The molecule has 0 aromatic rings. The summed E-state index contributed by atoms with van der Waals surface area (Å²) in [5, 5.41) is 41.4. The van der Waals surface area contributed by atoms with Crippen LogP contribution >= 0.6 is 0 Å². The van der Waals surface area contributed by atoms with Crippen molar-refractivity contribution in [3.8, 4) is 0 Å². The van der Waals surface area contributed by atoms with Crippen molar-refractivity contribution in [1.29, 1.82) is 0 Å². The van der Waals surface area contributed by atoms with E-state index < -0.39 is 48.4 Å². The number of ether oxygens (including phenoxy) is 2. The lowest BCUT2D eigenvalue weighted by molar-refractivity contribution is -0.291. The van der Waals surface area contributed by atoms with E-state index >= 15 is 0 Å². The number of hydrogen-bond donors (Lipinski definition) is 5. The number of carbonyl (C=O) groups is 2. The van der Waals surface area contributed by atoms with E-state index in [2.05, 4.69) is 10.1 Å². The van der Waals surface area contributed by atoms with Crippen LogP contribution in [0.3, 0.4) is 0 Å². The molecule has 9 nitrogen and oxygen atoms in total. The van der Waals surface area contributed by atoms with Crippen LogP contribution in [0.2, 0.25) is 0 Å². The topological polar surface area (TPSA) is 146 Å². The van der Waals surface area contributed by atoms with Crippen molar-refractivity contribution < 1.29 is 39.5 Å². The molecule has 0 aliphatic carbocycles. The predicted molar refractivity (Wildman–Crippen MR) is 67.8 cm³/mol. The average Bonchev–Trinajstić information content (AvgIpc) is 2.40. The quantitative estimate of drug-likeness (QED) is 0.344. The minimum atomic E-state index is -2.43. The van der Waals surface area contributed by atoms with Crippen LogP contribution in [0, 0.1) is 0 Å². The van der Waals surface area contributed by atoms with Gasteiger partial charge in [-0.3, -0.25) is 4.79 Å². The van der Waals surface area contributed by atoms with Crippen molar-refractivity contribution in [2.45, 2.75) is 49.9 Å². The molecule has 1 heterocycles. The zero-order valence-corrected chi connectivity index (χ0v) is 11.9. The SMILES string of the molecule is COC(=O)[C@@]1(O)C[C@H](O)[C@@H](NC(C)=O)[C@H]([C@H](O)CCO)O1. The number of amides is 1. The lowest BCUT2D eigenvalue weighted by Crippen LogP contribution is -2.66. The fourth-order valence-electron chi connectivity index (χ4n) is 2.29. The van der Waals surface area contributed by atoms with Crippen molar-refractivity contribution >= 4 is 11.9 Å². The van der Waals surface area contributed by atoms with Crippen LogP contribution in [-0.2, 0) is 19.1 Å². The first-order valence-electron chi connectivity index (χ1n) is 6.48. The first-order chi connectivity index (χ1) is 9.75. The standard InChI is InChI=1S/C12H21NO8/c1-6(15)13-9-8(17)5-12(19,11(18)20-2)21-10(9)7(16)3-4-14/h7-10,14,16-17,19H,3-5H2,1-2H3,(H,13,15)/t7-,8+,9-,10+,12-/m1/s1. The van der Waals surface area contributed by atoms with Gasteiger partial charge in [-0.25, -0.2) is 4.79 Å². The Labute approximate surface area is 121 Å². The summed E-state index contributed by atoms with van der Waals surface area (Å²) in [6.07, 6.45) is -4.57. The molecule has 0 spiro atoms. The number of aliphatic hydroxyl groups excluding tert-OH is 3. The molecule has 0 aromatic heterocycles. The third-order valence-corrected chi connectivity index (χ3v) is 3.26. The maximum Gasteiger partial charge on any atom is 0.366 e. The van der Waals surface area contributed by atoms with E-state index in [1.807, 2.05) is 0 Å². The van der Waals surface area contributed by atoms with Crippen molar-refractivity contribution in [1.82, 2.24) is 5.32 Å². The highest BCUT2D eigenvalue weighted by molar-refractivity contribution is 5.78. The molecule has 1 saturated heterocycles. The number of hydrogen-bond acceptors (Lipinski definition) is 8.